The number of fused-ring (bicyclic) bond motifs is 1. The van der Waals surface area contributed by atoms with Gasteiger partial charge >= 0.3 is 0 Å². The fourth-order valence-corrected chi connectivity index (χ4v) is 4.38. The van der Waals surface area contributed by atoms with Crippen LogP contribution in [-0.2, 0) is 11.3 Å². The van der Waals surface area contributed by atoms with E-state index in [1.54, 1.807) is 18.3 Å². The van der Waals surface area contributed by atoms with Gasteiger partial charge in [0, 0.05) is 19.3 Å². The summed E-state index contributed by atoms with van der Waals surface area (Å²) >= 11 is 0. The van der Waals surface area contributed by atoms with Gasteiger partial charge in [0.25, 0.3) is 0 Å². The number of benzene rings is 1. The molecule has 1 aliphatic carbocycles. The van der Waals surface area contributed by atoms with E-state index in [4.69, 9.17) is 4.74 Å². The maximum absolute atomic E-state index is 13.1. The Labute approximate surface area is 169 Å². The summed E-state index contributed by atoms with van der Waals surface area (Å²) in [5.74, 6) is 0.982. The van der Waals surface area contributed by atoms with Crippen molar-refractivity contribution in [3.8, 4) is 5.75 Å². The molecule has 7 heteroatoms. The zero-order valence-electron chi connectivity index (χ0n) is 16.2. The van der Waals surface area contributed by atoms with Crippen LogP contribution in [0, 0.1) is 17.7 Å². The van der Waals surface area contributed by atoms with Crippen molar-refractivity contribution in [3.05, 3.63) is 60.2 Å². The number of aliphatic hydroxyl groups is 1. The smallest absolute Gasteiger partial charge is 0.234 e. The molecule has 2 aromatic rings. The Hall–Kier alpha value is -2.51. The Balaban J connectivity index is 1.27. The number of rotatable bonds is 6. The summed E-state index contributed by atoms with van der Waals surface area (Å²) in [5, 5.41) is 13.4. The molecule has 0 spiro atoms. The molecule has 29 heavy (non-hydrogen) atoms. The van der Waals surface area contributed by atoms with Gasteiger partial charge in [-0.05, 0) is 61.1 Å². The minimum Gasteiger partial charge on any atom is -0.488 e. The Bertz CT molecular complexity index is 818. The maximum atomic E-state index is 13.1. The van der Waals surface area contributed by atoms with Crippen molar-refractivity contribution in [2.45, 2.75) is 31.6 Å². The number of ether oxygens (including phenoxy) is 1. The van der Waals surface area contributed by atoms with Crippen LogP contribution in [0.4, 0.5) is 4.39 Å². The molecule has 2 fully saturated rings. The molecule has 1 aliphatic heterocycles. The van der Waals surface area contributed by atoms with Crippen LogP contribution < -0.4 is 10.1 Å². The van der Waals surface area contributed by atoms with Gasteiger partial charge < -0.3 is 15.2 Å². The van der Waals surface area contributed by atoms with Crippen LogP contribution in [0.1, 0.15) is 18.5 Å². The van der Waals surface area contributed by atoms with Gasteiger partial charge in [-0.2, -0.15) is 0 Å². The molecule has 0 bridgehead atoms. The summed E-state index contributed by atoms with van der Waals surface area (Å²) in [6.45, 7) is 2.39. The van der Waals surface area contributed by atoms with Crippen molar-refractivity contribution in [1.82, 2.24) is 15.2 Å². The SMILES string of the molecule is O=C(CN1C[C@H]2C[C@@H](Oc3ccc(F)cc3)[C@H](O)C[C@H]2C1)NCc1ccccn1. The third-order valence-corrected chi connectivity index (χ3v) is 5.82. The fraction of sp³-hybridized carbons (Fsp3) is 0.455. The third kappa shape index (κ3) is 5.10. The van der Waals surface area contributed by atoms with Gasteiger partial charge in [0.05, 0.1) is 24.9 Å². The molecule has 2 aliphatic rings. The van der Waals surface area contributed by atoms with E-state index in [2.05, 4.69) is 15.2 Å². The number of nitrogens with zero attached hydrogens (tertiary/aromatic N) is 2. The van der Waals surface area contributed by atoms with E-state index in [0.717, 1.165) is 25.2 Å². The lowest BCUT2D eigenvalue weighted by atomic mass is 9.78. The van der Waals surface area contributed by atoms with E-state index in [0.29, 0.717) is 37.1 Å². The number of carbonyl (C=O) groups excluding carboxylic acids is 1. The summed E-state index contributed by atoms with van der Waals surface area (Å²) in [7, 11) is 0. The summed E-state index contributed by atoms with van der Waals surface area (Å²) in [5.41, 5.74) is 0.833. The number of nitrogens with one attached hydrogen (secondary N) is 1. The number of aromatic nitrogens is 1. The van der Waals surface area contributed by atoms with Crippen LogP contribution in [0.25, 0.3) is 0 Å². The second kappa shape index (κ2) is 8.88. The molecular formula is C22H26FN3O3. The van der Waals surface area contributed by atoms with Gasteiger partial charge in [0.15, 0.2) is 0 Å². The van der Waals surface area contributed by atoms with Gasteiger partial charge in [-0.25, -0.2) is 4.39 Å². The second-order valence-electron chi connectivity index (χ2n) is 7.96. The summed E-state index contributed by atoms with van der Waals surface area (Å²) in [6, 6.07) is 11.5. The predicted octanol–water partition coefficient (Wildman–Crippen LogP) is 1.99. The highest BCUT2D eigenvalue weighted by Crippen LogP contribution is 2.37. The molecule has 2 heterocycles. The van der Waals surface area contributed by atoms with Crippen molar-refractivity contribution < 1.29 is 19.0 Å². The quantitative estimate of drug-likeness (QED) is 0.777. The lowest BCUT2D eigenvalue weighted by Gasteiger charge is -2.35. The van der Waals surface area contributed by atoms with E-state index >= 15 is 0 Å². The predicted molar refractivity (Wildman–Crippen MR) is 106 cm³/mol. The summed E-state index contributed by atoms with van der Waals surface area (Å²) < 4.78 is 19.0. The molecule has 154 valence electrons. The van der Waals surface area contributed by atoms with E-state index in [9.17, 15) is 14.3 Å². The first kappa shape index (κ1) is 19.8. The zero-order valence-corrected chi connectivity index (χ0v) is 16.2. The topological polar surface area (TPSA) is 74.7 Å². The highest BCUT2D eigenvalue weighted by atomic mass is 19.1. The largest absolute Gasteiger partial charge is 0.488 e. The van der Waals surface area contributed by atoms with Gasteiger partial charge in [-0.1, -0.05) is 6.07 Å². The van der Waals surface area contributed by atoms with Gasteiger partial charge in [-0.15, -0.1) is 0 Å². The third-order valence-electron chi connectivity index (χ3n) is 5.82. The number of halogens is 1. The van der Waals surface area contributed by atoms with Crippen LogP contribution >= 0.6 is 0 Å². The summed E-state index contributed by atoms with van der Waals surface area (Å²) in [4.78, 5) is 18.6. The van der Waals surface area contributed by atoms with Crippen LogP contribution in [-0.4, -0.2) is 52.7 Å². The number of likely N-dealkylation sites (tertiary alicyclic amines) is 1. The molecule has 4 atom stereocenters. The molecule has 1 saturated heterocycles. The maximum Gasteiger partial charge on any atom is 0.234 e. The first-order chi connectivity index (χ1) is 14.1. The van der Waals surface area contributed by atoms with Crippen molar-refractivity contribution in [3.63, 3.8) is 0 Å². The fourth-order valence-electron chi connectivity index (χ4n) is 4.38. The molecule has 2 N–H and O–H groups in total. The Morgan fingerprint density at radius 1 is 1.17 bits per heavy atom. The van der Waals surface area contributed by atoms with E-state index in [-0.39, 0.29) is 17.8 Å². The van der Waals surface area contributed by atoms with Crippen LogP contribution in [0.2, 0.25) is 0 Å². The van der Waals surface area contributed by atoms with Gasteiger partial charge in [0.1, 0.15) is 17.7 Å². The van der Waals surface area contributed by atoms with Gasteiger partial charge in [-0.3, -0.25) is 14.7 Å². The average Bonchev–Trinajstić information content (AvgIpc) is 3.10. The van der Waals surface area contributed by atoms with Crippen molar-refractivity contribution in [2.24, 2.45) is 11.8 Å². The molecule has 0 unspecified atom stereocenters. The number of aliphatic hydroxyl groups excluding tert-OH is 1. The minimum atomic E-state index is -0.556. The molecule has 6 nitrogen and oxygen atoms in total. The Kier molecular flexibility index (Phi) is 6.06. The number of hydrogen-bond donors (Lipinski definition) is 2. The van der Waals surface area contributed by atoms with Gasteiger partial charge in [0.2, 0.25) is 5.91 Å². The monoisotopic (exact) mass is 399 g/mol. The normalized spacial score (nSPS) is 26.7. The Morgan fingerprint density at radius 3 is 2.66 bits per heavy atom. The van der Waals surface area contributed by atoms with Crippen molar-refractivity contribution >= 4 is 5.91 Å². The van der Waals surface area contributed by atoms with Crippen molar-refractivity contribution in [2.75, 3.05) is 19.6 Å². The lowest BCUT2D eigenvalue weighted by molar-refractivity contribution is -0.122. The first-order valence-electron chi connectivity index (χ1n) is 10.1. The molecule has 4 rings (SSSR count). The molecule has 0 radical (unpaired) electrons. The number of hydrogen-bond acceptors (Lipinski definition) is 5. The summed E-state index contributed by atoms with van der Waals surface area (Å²) in [6.07, 6.45) is 2.24. The average molecular weight is 399 g/mol. The van der Waals surface area contributed by atoms with Crippen molar-refractivity contribution in [1.29, 1.82) is 0 Å². The van der Waals surface area contributed by atoms with Crippen LogP contribution in [0.3, 0.4) is 0 Å². The van der Waals surface area contributed by atoms with E-state index in [1.165, 1.54) is 12.1 Å². The highest BCUT2D eigenvalue weighted by Gasteiger charge is 2.42. The van der Waals surface area contributed by atoms with Crippen LogP contribution in [0.5, 0.6) is 5.75 Å². The van der Waals surface area contributed by atoms with E-state index < -0.39 is 6.10 Å². The van der Waals surface area contributed by atoms with E-state index in [1.807, 2.05) is 18.2 Å². The Morgan fingerprint density at radius 2 is 1.93 bits per heavy atom. The minimum absolute atomic E-state index is 0.0195. The number of amides is 1. The molecule has 1 aromatic carbocycles. The molecule has 1 amide bonds. The zero-order chi connectivity index (χ0) is 20.2. The molecular weight excluding hydrogens is 373 g/mol. The first-order valence-corrected chi connectivity index (χ1v) is 10.1. The number of carbonyl (C=O) groups is 1. The number of pyridine rings is 1. The lowest BCUT2D eigenvalue weighted by Crippen LogP contribution is -2.42. The molecule has 1 aromatic heterocycles. The highest BCUT2D eigenvalue weighted by molar-refractivity contribution is 5.78. The standard InChI is InChI=1S/C22H26FN3O3/c23-17-4-6-19(7-5-17)29-21-10-16-13-26(12-15(16)9-20(21)27)14-22(28)25-11-18-3-1-2-8-24-18/h1-8,15-16,20-21,27H,9-14H2,(H,25,28)/t15-,16+,20+,21+/m0/s1. The van der Waals surface area contributed by atoms with Crippen LogP contribution in [0.15, 0.2) is 48.7 Å². The molecule has 1 saturated carbocycles. The second-order valence-corrected chi connectivity index (χ2v) is 7.96.